The smallest absolute Gasteiger partial charge is 0.305 e. The second-order valence-corrected chi connectivity index (χ2v) is 9.80. The second-order valence-electron chi connectivity index (χ2n) is 9.80. The average molecular weight is 486 g/mol. The lowest BCUT2D eigenvalue weighted by Crippen LogP contribution is -2.48. The molecule has 5 nitrogen and oxygen atoms in total. The highest BCUT2D eigenvalue weighted by atomic mass is 19.1. The third-order valence-corrected chi connectivity index (χ3v) is 6.50. The van der Waals surface area contributed by atoms with Crippen LogP contribution < -0.4 is 0 Å². The number of H-pyrrole nitrogens is 1. The van der Waals surface area contributed by atoms with Crippen LogP contribution >= 0.6 is 0 Å². The van der Waals surface area contributed by atoms with Gasteiger partial charge in [0, 0.05) is 36.3 Å². The van der Waals surface area contributed by atoms with Crippen molar-refractivity contribution in [2.24, 2.45) is 0 Å². The van der Waals surface area contributed by atoms with Crippen LogP contribution in [-0.4, -0.2) is 46.4 Å². The molecule has 1 N–H and O–H groups in total. The number of hydrogen-bond donors (Lipinski definition) is 1. The van der Waals surface area contributed by atoms with E-state index in [9.17, 15) is 9.18 Å². The molecule has 0 radical (unpaired) electrons. The number of hydrogen-bond acceptors (Lipinski definition) is 4. The predicted molar refractivity (Wildman–Crippen MR) is 128 cm³/mol. The molecule has 186 valence electrons. The number of halogens is 3. The molecule has 0 saturated heterocycles. The number of aromatic nitrogens is 2. The number of ether oxygens (including phenoxy) is 1. The van der Waals surface area contributed by atoms with E-state index in [1.807, 2.05) is 30.0 Å². The van der Waals surface area contributed by atoms with Crippen LogP contribution in [0.5, 0.6) is 0 Å². The summed E-state index contributed by atoms with van der Waals surface area (Å²) < 4.78 is 50.6. The summed E-state index contributed by atoms with van der Waals surface area (Å²) in [5, 5.41) is 6.80. The summed E-state index contributed by atoms with van der Waals surface area (Å²) >= 11 is 0. The Balaban J connectivity index is 1.80. The number of fused-ring (bicyclic) bond motifs is 1. The van der Waals surface area contributed by atoms with Gasteiger partial charge in [0.25, 0.3) is 0 Å². The topological polar surface area (TPSA) is 58.2 Å². The first-order chi connectivity index (χ1) is 16.6. The van der Waals surface area contributed by atoms with Crippen molar-refractivity contribution in [2.75, 3.05) is 13.7 Å². The zero-order valence-corrected chi connectivity index (χ0v) is 20.4. The van der Waals surface area contributed by atoms with Crippen LogP contribution in [0.4, 0.5) is 13.2 Å². The highest BCUT2D eigenvalue weighted by Crippen LogP contribution is 2.42. The van der Waals surface area contributed by atoms with Crippen LogP contribution in [0, 0.1) is 11.6 Å². The second kappa shape index (κ2) is 9.85. The summed E-state index contributed by atoms with van der Waals surface area (Å²) in [5.74, 6) is -1.87. The number of methoxy groups -OCH3 is 1. The maximum atomic E-state index is 15.5. The van der Waals surface area contributed by atoms with Gasteiger partial charge in [0.1, 0.15) is 17.3 Å². The fourth-order valence-corrected chi connectivity index (χ4v) is 4.90. The molecule has 0 fully saturated rings. The van der Waals surface area contributed by atoms with E-state index >= 15 is 8.78 Å². The standard InChI is InChI=1S/C27H30F3N3O2/c1-16-9-19-12-18(20-13-31-32-14-20)6-7-21(19)26(33(16)15-27(2,3)30)25-22(28)10-17(11-23(25)29)5-8-24(34)35-4/h6-7,10-14,16,26H,5,8-9,15H2,1-4H3,(H,31,32). The summed E-state index contributed by atoms with van der Waals surface area (Å²) in [4.78, 5) is 13.3. The van der Waals surface area contributed by atoms with Gasteiger partial charge in [-0.1, -0.05) is 18.2 Å². The predicted octanol–water partition coefficient (Wildman–Crippen LogP) is 5.54. The van der Waals surface area contributed by atoms with Crippen molar-refractivity contribution in [1.82, 2.24) is 15.1 Å². The first-order valence-corrected chi connectivity index (χ1v) is 11.7. The molecule has 1 aliphatic rings. The van der Waals surface area contributed by atoms with E-state index in [1.165, 1.54) is 33.1 Å². The SMILES string of the molecule is COC(=O)CCc1cc(F)c(C2c3ccc(-c4cn[nH]c4)cc3CC(C)N2CC(C)(C)F)c(F)c1. The van der Waals surface area contributed by atoms with Gasteiger partial charge >= 0.3 is 5.97 Å². The molecule has 0 aliphatic carbocycles. The van der Waals surface area contributed by atoms with Crippen molar-refractivity contribution in [3.63, 3.8) is 0 Å². The third kappa shape index (κ3) is 5.42. The van der Waals surface area contributed by atoms with E-state index in [2.05, 4.69) is 14.9 Å². The number of nitrogens with one attached hydrogen (secondary N) is 1. The fraction of sp³-hybridized carbons (Fsp3) is 0.407. The van der Waals surface area contributed by atoms with E-state index in [4.69, 9.17) is 0 Å². The largest absolute Gasteiger partial charge is 0.469 e. The number of nitrogens with zero attached hydrogens (tertiary/aromatic N) is 2. The maximum absolute atomic E-state index is 15.5. The maximum Gasteiger partial charge on any atom is 0.305 e. The minimum Gasteiger partial charge on any atom is -0.469 e. The monoisotopic (exact) mass is 485 g/mol. The molecule has 0 bridgehead atoms. The molecule has 2 heterocycles. The molecular weight excluding hydrogens is 455 g/mol. The molecular formula is C27H30F3N3O2. The molecule has 0 saturated carbocycles. The number of rotatable bonds is 7. The number of alkyl halides is 1. The van der Waals surface area contributed by atoms with Crippen molar-refractivity contribution in [3.05, 3.63) is 76.6 Å². The Morgan fingerprint density at radius 1 is 1.20 bits per heavy atom. The first kappa shape index (κ1) is 25.0. The van der Waals surface area contributed by atoms with Gasteiger partial charge in [-0.05, 0) is 68.0 Å². The zero-order valence-electron chi connectivity index (χ0n) is 20.4. The lowest BCUT2D eigenvalue weighted by Gasteiger charge is -2.44. The summed E-state index contributed by atoms with van der Waals surface area (Å²) in [6, 6.07) is 7.36. The molecule has 2 atom stereocenters. The number of carbonyl (C=O) groups excluding carboxylic acids is 1. The lowest BCUT2D eigenvalue weighted by molar-refractivity contribution is -0.140. The van der Waals surface area contributed by atoms with Crippen molar-refractivity contribution in [3.8, 4) is 11.1 Å². The molecule has 1 aliphatic heterocycles. The normalized spacial score (nSPS) is 18.4. The van der Waals surface area contributed by atoms with Gasteiger partial charge in [-0.2, -0.15) is 5.10 Å². The summed E-state index contributed by atoms with van der Waals surface area (Å²) in [6.07, 6.45) is 4.31. The number of benzene rings is 2. The lowest BCUT2D eigenvalue weighted by atomic mass is 9.82. The van der Waals surface area contributed by atoms with E-state index in [1.54, 1.807) is 12.4 Å². The van der Waals surface area contributed by atoms with E-state index in [-0.39, 0.29) is 31.0 Å². The van der Waals surface area contributed by atoms with Gasteiger partial charge in [0.15, 0.2) is 0 Å². The van der Waals surface area contributed by atoms with Crippen molar-refractivity contribution < 1.29 is 22.7 Å². The molecule has 2 unspecified atom stereocenters. The Hall–Kier alpha value is -3.13. The van der Waals surface area contributed by atoms with Crippen LogP contribution in [0.15, 0.2) is 42.7 Å². The molecule has 35 heavy (non-hydrogen) atoms. The van der Waals surface area contributed by atoms with Gasteiger partial charge in [-0.15, -0.1) is 0 Å². The van der Waals surface area contributed by atoms with Crippen LogP contribution in [0.1, 0.15) is 55.5 Å². The molecule has 1 aromatic heterocycles. The van der Waals surface area contributed by atoms with Gasteiger partial charge in [-0.25, -0.2) is 13.2 Å². The molecule has 0 amide bonds. The first-order valence-electron chi connectivity index (χ1n) is 11.7. The van der Waals surface area contributed by atoms with Gasteiger partial charge in [0.05, 0.1) is 19.3 Å². The summed E-state index contributed by atoms with van der Waals surface area (Å²) in [6.45, 7) is 4.91. The molecule has 3 aromatic rings. The van der Waals surface area contributed by atoms with Crippen LogP contribution in [0.2, 0.25) is 0 Å². The molecule has 4 rings (SSSR count). The van der Waals surface area contributed by atoms with E-state index in [0.717, 1.165) is 22.3 Å². The number of aromatic amines is 1. The Morgan fingerprint density at radius 3 is 2.51 bits per heavy atom. The van der Waals surface area contributed by atoms with Crippen LogP contribution in [-0.2, 0) is 22.4 Å². The van der Waals surface area contributed by atoms with Gasteiger partial charge in [0.2, 0.25) is 0 Å². The zero-order chi connectivity index (χ0) is 25.3. The summed E-state index contributed by atoms with van der Waals surface area (Å²) in [5.41, 5.74) is 2.26. The van der Waals surface area contributed by atoms with Gasteiger partial charge in [-0.3, -0.25) is 14.8 Å². The molecule has 2 aromatic carbocycles. The minimum absolute atomic E-state index is 0.0186. The Morgan fingerprint density at radius 2 is 1.91 bits per heavy atom. The van der Waals surface area contributed by atoms with Gasteiger partial charge < -0.3 is 4.74 Å². The molecule has 8 heteroatoms. The van der Waals surface area contributed by atoms with E-state index < -0.39 is 29.3 Å². The van der Waals surface area contributed by atoms with Crippen molar-refractivity contribution in [1.29, 1.82) is 0 Å². The average Bonchev–Trinajstić information content (AvgIpc) is 3.32. The Labute approximate surface area is 203 Å². The van der Waals surface area contributed by atoms with Crippen molar-refractivity contribution in [2.45, 2.75) is 57.8 Å². The number of aryl methyl sites for hydroxylation is 1. The highest BCUT2D eigenvalue weighted by Gasteiger charge is 2.39. The Kier molecular flexibility index (Phi) is 7.03. The summed E-state index contributed by atoms with van der Waals surface area (Å²) in [7, 11) is 1.27. The van der Waals surface area contributed by atoms with E-state index in [0.29, 0.717) is 12.0 Å². The quantitative estimate of drug-likeness (QED) is 0.446. The third-order valence-electron chi connectivity index (χ3n) is 6.50. The Bertz CT molecular complexity index is 1180. The number of esters is 1. The number of carbonyl (C=O) groups is 1. The van der Waals surface area contributed by atoms with Crippen LogP contribution in [0.3, 0.4) is 0 Å². The fourth-order valence-electron chi connectivity index (χ4n) is 4.90. The highest BCUT2D eigenvalue weighted by molar-refractivity contribution is 5.69. The molecule has 0 spiro atoms. The minimum atomic E-state index is -1.56. The van der Waals surface area contributed by atoms with Crippen molar-refractivity contribution >= 4 is 5.97 Å². The van der Waals surface area contributed by atoms with Crippen LogP contribution in [0.25, 0.3) is 11.1 Å².